The number of nitrogens with one attached hydrogen (secondary N) is 1. The molecule has 2 rings (SSSR count). The van der Waals surface area contributed by atoms with Crippen LogP contribution in [0.15, 0.2) is 53.4 Å². The van der Waals surface area contributed by atoms with E-state index in [1.165, 1.54) is 31.2 Å². The Labute approximate surface area is 157 Å². The molecule has 2 aromatic carbocycles. The lowest BCUT2D eigenvalue weighted by molar-refractivity contribution is 0.0993. The van der Waals surface area contributed by atoms with Gasteiger partial charge in [-0.15, -0.1) is 0 Å². The molecule has 2 aromatic rings. The number of nitrogens with two attached hydrogens (primary N) is 1. The molecule has 0 saturated carbocycles. The molecule has 140 valence electrons. The van der Waals surface area contributed by atoms with E-state index in [0.29, 0.717) is 11.3 Å². The summed E-state index contributed by atoms with van der Waals surface area (Å²) >= 11 is 0. The number of sulfonamides is 1. The molecule has 0 aliphatic heterocycles. The molecular weight excluding hydrogens is 368 g/mol. The maximum atomic E-state index is 12.2. The summed E-state index contributed by atoms with van der Waals surface area (Å²) in [7, 11) is -3.78. The number of primary amides is 1. The normalized spacial score (nSPS) is 10.6. The predicted octanol–water partition coefficient (Wildman–Crippen LogP) is 1.35. The first kappa shape index (κ1) is 20.2. The summed E-state index contributed by atoms with van der Waals surface area (Å²) in [5.41, 5.74) is 5.80. The van der Waals surface area contributed by atoms with Crippen molar-refractivity contribution in [1.29, 1.82) is 0 Å². The average molecular weight is 386 g/mol. The second kappa shape index (κ2) is 8.98. The standard InChI is InChI=1S/C19H18N2O5S/c1-14(22)15-7-6-8-16(13-15)27(24,25)21-11-4-5-12-26-18-10-3-2-9-17(18)19(20)23/h2-3,6-10,13,21H,11-12H2,1H3,(H2,20,23). The molecule has 0 aliphatic carbocycles. The van der Waals surface area contributed by atoms with Crippen molar-refractivity contribution in [3.63, 3.8) is 0 Å². The third-order valence-corrected chi connectivity index (χ3v) is 4.88. The van der Waals surface area contributed by atoms with Gasteiger partial charge in [-0.25, -0.2) is 8.42 Å². The molecule has 27 heavy (non-hydrogen) atoms. The van der Waals surface area contributed by atoms with E-state index in [-0.39, 0.29) is 29.4 Å². The quantitative estimate of drug-likeness (QED) is 0.550. The lowest BCUT2D eigenvalue weighted by Crippen LogP contribution is -2.24. The molecule has 7 nitrogen and oxygen atoms in total. The Hall–Kier alpha value is -3.15. The monoisotopic (exact) mass is 386 g/mol. The fourth-order valence-corrected chi connectivity index (χ4v) is 3.09. The van der Waals surface area contributed by atoms with E-state index < -0.39 is 15.9 Å². The number of amides is 1. The van der Waals surface area contributed by atoms with Crippen LogP contribution >= 0.6 is 0 Å². The number of ketones is 1. The van der Waals surface area contributed by atoms with Crippen molar-refractivity contribution in [2.75, 3.05) is 13.2 Å². The van der Waals surface area contributed by atoms with Gasteiger partial charge in [0.05, 0.1) is 17.0 Å². The van der Waals surface area contributed by atoms with Crippen LogP contribution in [0.1, 0.15) is 27.6 Å². The van der Waals surface area contributed by atoms with Gasteiger partial charge >= 0.3 is 0 Å². The Morgan fingerprint density at radius 2 is 1.85 bits per heavy atom. The van der Waals surface area contributed by atoms with E-state index in [0.717, 1.165) is 0 Å². The number of benzene rings is 2. The molecule has 8 heteroatoms. The minimum atomic E-state index is -3.78. The van der Waals surface area contributed by atoms with Crippen LogP contribution in [0.25, 0.3) is 0 Å². The highest BCUT2D eigenvalue weighted by molar-refractivity contribution is 7.89. The van der Waals surface area contributed by atoms with Crippen LogP contribution in [0.5, 0.6) is 5.75 Å². The number of rotatable bonds is 7. The Morgan fingerprint density at radius 3 is 2.56 bits per heavy atom. The van der Waals surface area contributed by atoms with Crippen molar-refractivity contribution in [2.45, 2.75) is 11.8 Å². The van der Waals surface area contributed by atoms with E-state index in [2.05, 4.69) is 16.6 Å². The van der Waals surface area contributed by atoms with E-state index >= 15 is 0 Å². The topological polar surface area (TPSA) is 116 Å². The highest BCUT2D eigenvalue weighted by Crippen LogP contribution is 2.16. The van der Waals surface area contributed by atoms with Crippen molar-refractivity contribution in [3.05, 3.63) is 59.7 Å². The third-order valence-electron chi connectivity index (χ3n) is 3.48. The van der Waals surface area contributed by atoms with E-state index in [1.807, 2.05) is 0 Å². The summed E-state index contributed by atoms with van der Waals surface area (Å²) in [6.45, 7) is 1.19. The molecule has 0 saturated heterocycles. The van der Waals surface area contributed by atoms with Gasteiger partial charge in [0.25, 0.3) is 5.91 Å². The van der Waals surface area contributed by atoms with Crippen LogP contribution in [0.4, 0.5) is 0 Å². The minimum Gasteiger partial charge on any atom is -0.480 e. The molecule has 3 N–H and O–H groups in total. The van der Waals surface area contributed by atoms with Gasteiger partial charge in [0, 0.05) is 5.56 Å². The fraction of sp³-hybridized carbons (Fsp3) is 0.158. The summed E-state index contributed by atoms with van der Waals surface area (Å²) in [5.74, 6) is 4.74. The molecule has 0 spiro atoms. The number of para-hydroxylation sites is 1. The Kier molecular flexibility index (Phi) is 6.71. The Balaban J connectivity index is 1.93. The smallest absolute Gasteiger partial charge is 0.252 e. The van der Waals surface area contributed by atoms with E-state index in [4.69, 9.17) is 10.5 Å². The van der Waals surface area contributed by atoms with Gasteiger partial charge in [0.15, 0.2) is 5.78 Å². The number of Topliss-reactive ketones (excluding diaryl/α,β-unsaturated/α-hetero) is 1. The molecule has 0 heterocycles. The molecule has 0 radical (unpaired) electrons. The van der Waals surface area contributed by atoms with Gasteiger partial charge in [-0.05, 0) is 31.2 Å². The zero-order chi connectivity index (χ0) is 19.9. The number of carbonyl (C=O) groups excluding carboxylic acids is 2. The van der Waals surface area contributed by atoms with Gasteiger partial charge in [-0.3, -0.25) is 9.59 Å². The summed E-state index contributed by atoms with van der Waals surface area (Å²) < 4.78 is 32.1. The number of carbonyl (C=O) groups is 2. The van der Waals surface area contributed by atoms with Gasteiger partial charge in [0.1, 0.15) is 12.4 Å². The van der Waals surface area contributed by atoms with Crippen LogP contribution in [0.3, 0.4) is 0 Å². The zero-order valence-corrected chi connectivity index (χ0v) is 15.4. The molecule has 0 atom stereocenters. The molecule has 0 unspecified atom stereocenters. The Bertz CT molecular complexity index is 1020. The maximum absolute atomic E-state index is 12.2. The Morgan fingerprint density at radius 1 is 1.11 bits per heavy atom. The number of hydrogen-bond acceptors (Lipinski definition) is 5. The fourth-order valence-electron chi connectivity index (χ4n) is 2.12. The second-order valence-electron chi connectivity index (χ2n) is 5.41. The van der Waals surface area contributed by atoms with Crippen molar-refractivity contribution in [2.24, 2.45) is 5.73 Å². The predicted molar refractivity (Wildman–Crippen MR) is 99.9 cm³/mol. The first-order valence-corrected chi connectivity index (χ1v) is 9.37. The summed E-state index contributed by atoms with van der Waals surface area (Å²) in [4.78, 5) is 22.6. The first-order chi connectivity index (χ1) is 12.8. The maximum Gasteiger partial charge on any atom is 0.252 e. The van der Waals surface area contributed by atoms with Crippen molar-refractivity contribution in [1.82, 2.24) is 4.72 Å². The molecular formula is C19H18N2O5S. The highest BCUT2D eigenvalue weighted by Gasteiger charge is 2.14. The molecule has 0 aromatic heterocycles. The highest BCUT2D eigenvalue weighted by atomic mass is 32.2. The third kappa shape index (κ3) is 5.67. The summed E-state index contributed by atoms with van der Waals surface area (Å²) in [5, 5.41) is 0. The van der Waals surface area contributed by atoms with Gasteiger partial charge in [-0.2, -0.15) is 4.72 Å². The van der Waals surface area contributed by atoms with Gasteiger partial charge in [0.2, 0.25) is 10.0 Å². The molecule has 0 aliphatic rings. The number of ether oxygens (including phenoxy) is 1. The van der Waals surface area contributed by atoms with Gasteiger partial charge < -0.3 is 10.5 Å². The van der Waals surface area contributed by atoms with Crippen LogP contribution in [-0.2, 0) is 10.0 Å². The van der Waals surface area contributed by atoms with Crippen LogP contribution in [-0.4, -0.2) is 33.3 Å². The van der Waals surface area contributed by atoms with Crippen LogP contribution in [0, 0.1) is 11.8 Å². The molecule has 0 bridgehead atoms. The number of hydrogen-bond donors (Lipinski definition) is 2. The largest absolute Gasteiger partial charge is 0.480 e. The van der Waals surface area contributed by atoms with Gasteiger partial charge in [-0.1, -0.05) is 36.1 Å². The summed E-state index contributed by atoms with van der Waals surface area (Å²) in [6.07, 6.45) is 0. The summed E-state index contributed by atoms with van der Waals surface area (Å²) in [6, 6.07) is 12.2. The first-order valence-electron chi connectivity index (χ1n) is 7.89. The SMILES string of the molecule is CC(=O)c1cccc(S(=O)(=O)NCC#CCOc2ccccc2C(N)=O)c1. The van der Waals surface area contributed by atoms with Crippen molar-refractivity contribution >= 4 is 21.7 Å². The molecule has 1 amide bonds. The molecule has 0 fully saturated rings. The minimum absolute atomic E-state index is 0.0105. The lowest BCUT2D eigenvalue weighted by atomic mass is 10.2. The van der Waals surface area contributed by atoms with Crippen molar-refractivity contribution < 1.29 is 22.7 Å². The van der Waals surface area contributed by atoms with E-state index in [1.54, 1.807) is 24.3 Å². The van der Waals surface area contributed by atoms with E-state index in [9.17, 15) is 18.0 Å². The van der Waals surface area contributed by atoms with Crippen molar-refractivity contribution in [3.8, 4) is 17.6 Å². The lowest BCUT2D eigenvalue weighted by Gasteiger charge is -2.06. The van der Waals surface area contributed by atoms with Crippen LogP contribution in [0.2, 0.25) is 0 Å². The van der Waals surface area contributed by atoms with Crippen LogP contribution < -0.4 is 15.2 Å². The zero-order valence-electron chi connectivity index (χ0n) is 14.6. The average Bonchev–Trinajstić information content (AvgIpc) is 2.64. The second-order valence-corrected chi connectivity index (χ2v) is 7.18.